The van der Waals surface area contributed by atoms with E-state index in [4.69, 9.17) is 4.74 Å². The van der Waals surface area contributed by atoms with E-state index < -0.39 is 16.1 Å². The van der Waals surface area contributed by atoms with Crippen LogP contribution in [-0.2, 0) is 10.0 Å². The zero-order valence-corrected chi connectivity index (χ0v) is 20.0. The van der Waals surface area contributed by atoms with E-state index >= 15 is 0 Å². The van der Waals surface area contributed by atoms with Crippen LogP contribution in [0.3, 0.4) is 0 Å². The van der Waals surface area contributed by atoms with Crippen LogP contribution in [0, 0.1) is 23.7 Å². The summed E-state index contributed by atoms with van der Waals surface area (Å²) in [6.45, 7) is 4.46. The summed E-state index contributed by atoms with van der Waals surface area (Å²) in [6, 6.07) is 4.63. The number of aliphatic hydroxyl groups excluding tert-OH is 1. The number of likely N-dealkylation sites (N-methyl/N-ethyl adjacent to an activating group) is 1. The zero-order chi connectivity index (χ0) is 22.6. The summed E-state index contributed by atoms with van der Waals surface area (Å²) in [5.74, 6) is 7.35. The van der Waals surface area contributed by atoms with E-state index in [1.807, 2.05) is 25.9 Å². The molecule has 3 atom stereocenters. The number of hydrogen-bond acceptors (Lipinski definition) is 5. The number of benzene rings is 1. The molecule has 1 heterocycles. The molecule has 172 valence electrons. The molecule has 31 heavy (non-hydrogen) atoms. The lowest BCUT2D eigenvalue weighted by Gasteiger charge is -2.37. The topological polar surface area (TPSA) is 70.1 Å². The van der Waals surface area contributed by atoms with Gasteiger partial charge in [0.1, 0.15) is 16.7 Å². The number of fused-ring (bicyclic) bond motifs is 1. The van der Waals surface area contributed by atoms with Crippen molar-refractivity contribution in [3.63, 3.8) is 0 Å². The number of hydrogen-bond donors (Lipinski definition) is 1. The van der Waals surface area contributed by atoms with Crippen molar-refractivity contribution >= 4 is 10.0 Å². The summed E-state index contributed by atoms with van der Waals surface area (Å²) in [5.41, 5.74) is 0.776. The maximum Gasteiger partial charge on any atom is 0.247 e. The van der Waals surface area contributed by atoms with Crippen molar-refractivity contribution in [2.45, 2.75) is 63.0 Å². The number of aliphatic hydroxyl groups is 1. The van der Waals surface area contributed by atoms with Crippen LogP contribution in [-0.4, -0.2) is 68.7 Å². The van der Waals surface area contributed by atoms with E-state index in [9.17, 15) is 13.5 Å². The lowest BCUT2D eigenvalue weighted by molar-refractivity contribution is 0.0812. The fourth-order valence-electron chi connectivity index (χ4n) is 4.31. The van der Waals surface area contributed by atoms with Gasteiger partial charge in [0.15, 0.2) is 0 Å². The van der Waals surface area contributed by atoms with E-state index in [0.29, 0.717) is 24.8 Å². The third-order valence-electron chi connectivity index (χ3n) is 6.24. The standard InChI is InChI=1S/C24H36N2O4S/c1-18-15-26(19(2)17-27)31(28,29)24-13-12-21(11-10-20-8-6-5-7-9-20)14-22(24)30-23(18)16-25(3)4/h12-14,18-20,23,27H,5-9,15-17H2,1-4H3/t18-,19-,23-/m1/s1. The molecule has 6 nitrogen and oxygen atoms in total. The first-order valence-corrected chi connectivity index (χ1v) is 12.8. The Labute approximate surface area is 187 Å². The third-order valence-corrected chi connectivity index (χ3v) is 8.26. The molecule has 1 aliphatic heterocycles. The van der Waals surface area contributed by atoms with Gasteiger partial charge in [0.05, 0.1) is 6.61 Å². The van der Waals surface area contributed by atoms with E-state index in [2.05, 4.69) is 11.8 Å². The van der Waals surface area contributed by atoms with Crippen LogP contribution in [0.2, 0.25) is 0 Å². The Morgan fingerprint density at radius 3 is 2.61 bits per heavy atom. The number of rotatable bonds is 4. The number of sulfonamides is 1. The second-order valence-corrected chi connectivity index (χ2v) is 11.1. The molecule has 1 saturated carbocycles. The summed E-state index contributed by atoms with van der Waals surface area (Å²) in [4.78, 5) is 2.19. The van der Waals surface area contributed by atoms with Gasteiger partial charge in [0.25, 0.3) is 0 Å². The molecule has 1 fully saturated rings. The van der Waals surface area contributed by atoms with Gasteiger partial charge in [-0.3, -0.25) is 0 Å². The van der Waals surface area contributed by atoms with Crippen molar-refractivity contribution in [3.8, 4) is 17.6 Å². The summed E-state index contributed by atoms with van der Waals surface area (Å²) < 4.78 is 34.6. The first-order valence-electron chi connectivity index (χ1n) is 11.3. The number of ether oxygens (including phenoxy) is 1. The monoisotopic (exact) mass is 448 g/mol. The smallest absolute Gasteiger partial charge is 0.247 e. The highest BCUT2D eigenvalue weighted by Crippen LogP contribution is 2.34. The molecule has 0 unspecified atom stereocenters. The molecular weight excluding hydrogens is 412 g/mol. The Balaban J connectivity index is 2.01. The van der Waals surface area contributed by atoms with E-state index in [1.165, 1.54) is 23.6 Å². The molecule has 1 N–H and O–H groups in total. The van der Waals surface area contributed by atoms with Crippen LogP contribution in [0.4, 0.5) is 0 Å². The van der Waals surface area contributed by atoms with Gasteiger partial charge >= 0.3 is 0 Å². The van der Waals surface area contributed by atoms with Crippen LogP contribution >= 0.6 is 0 Å². The van der Waals surface area contributed by atoms with Crippen molar-refractivity contribution < 1.29 is 18.3 Å². The fourth-order valence-corrected chi connectivity index (χ4v) is 6.14. The average Bonchev–Trinajstić information content (AvgIpc) is 2.74. The zero-order valence-electron chi connectivity index (χ0n) is 19.2. The van der Waals surface area contributed by atoms with Crippen molar-refractivity contribution in [1.82, 2.24) is 9.21 Å². The molecular formula is C24H36N2O4S. The number of nitrogens with zero attached hydrogens (tertiary/aromatic N) is 2. The van der Waals surface area contributed by atoms with Gasteiger partial charge in [0.2, 0.25) is 10.0 Å². The predicted molar refractivity (Wildman–Crippen MR) is 122 cm³/mol. The maximum atomic E-state index is 13.5. The van der Waals surface area contributed by atoms with Crippen LogP contribution in [0.5, 0.6) is 5.75 Å². The van der Waals surface area contributed by atoms with Gasteiger partial charge in [-0.1, -0.05) is 38.0 Å². The first kappa shape index (κ1) is 24.1. The minimum atomic E-state index is -3.80. The SMILES string of the molecule is C[C@@H]1CN([C@H](C)CO)S(=O)(=O)c2ccc(C#CC3CCCCC3)cc2O[C@@H]1CN(C)C. The van der Waals surface area contributed by atoms with Gasteiger partial charge in [-0.15, -0.1) is 0 Å². The highest BCUT2D eigenvalue weighted by atomic mass is 32.2. The second-order valence-electron chi connectivity index (χ2n) is 9.27. The molecule has 3 rings (SSSR count). The molecule has 7 heteroatoms. The Morgan fingerprint density at radius 2 is 1.97 bits per heavy atom. The van der Waals surface area contributed by atoms with Crippen molar-refractivity contribution in [2.24, 2.45) is 11.8 Å². The predicted octanol–water partition coefficient (Wildman–Crippen LogP) is 2.95. The maximum absolute atomic E-state index is 13.5. The van der Waals surface area contributed by atoms with Crippen LogP contribution in [0.25, 0.3) is 0 Å². The van der Waals surface area contributed by atoms with Crippen LogP contribution < -0.4 is 4.74 Å². The van der Waals surface area contributed by atoms with E-state index in [-0.39, 0.29) is 23.5 Å². The summed E-state index contributed by atoms with van der Waals surface area (Å²) in [5, 5.41) is 9.70. The molecule has 0 spiro atoms. The lowest BCUT2D eigenvalue weighted by Crippen LogP contribution is -2.49. The van der Waals surface area contributed by atoms with Gasteiger partial charge < -0.3 is 14.7 Å². The van der Waals surface area contributed by atoms with Crippen molar-refractivity contribution in [3.05, 3.63) is 23.8 Å². The van der Waals surface area contributed by atoms with Gasteiger partial charge in [0, 0.05) is 36.5 Å². The minimum Gasteiger partial charge on any atom is -0.487 e. The van der Waals surface area contributed by atoms with Crippen molar-refractivity contribution in [1.29, 1.82) is 0 Å². The summed E-state index contributed by atoms with van der Waals surface area (Å²) in [7, 11) is 0.153. The van der Waals surface area contributed by atoms with Gasteiger partial charge in [-0.2, -0.15) is 4.31 Å². The largest absolute Gasteiger partial charge is 0.487 e. The molecule has 2 aliphatic rings. The second kappa shape index (κ2) is 10.4. The minimum absolute atomic E-state index is 0.0451. The molecule has 0 aromatic heterocycles. The molecule has 1 aliphatic carbocycles. The summed E-state index contributed by atoms with van der Waals surface area (Å²) >= 11 is 0. The van der Waals surface area contributed by atoms with Crippen molar-refractivity contribution in [2.75, 3.05) is 33.8 Å². The molecule has 0 amide bonds. The molecule has 0 saturated heterocycles. The Kier molecular flexibility index (Phi) is 8.03. The molecule has 0 radical (unpaired) electrons. The quantitative estimate of drug-likeness (QED) is 0.717. The lowest BCUT2D eigenvalue weighted by atomic mass is 9.90. The molecule has 1 aromatic carbocycles. The normalized spacial score (nSPS) is 25.5. The Morgan fingerprint density at radius 1 is 1.26 bits per heavy atom. The van der Waals surface area contributed by atoms with E-state index in [1.54, 1.807) is 25.1 Å². The first-order chi connectivity index (χ1) is 14.7. The van der Waals surface area contributed by atoms with E-state index in [0.717, 1.165) is 18.4 Å². The third kappa shape index (κ3) is 5.81. The van der Waals surface area contributed by atoms with Gasteiger partial charge in [-0.25, -0.2) is 8.42 Å². The molecule has 1 aromatic rings. The van der Waals surface area contributed by atoms with Crippen LogP contribution in [0.15, 0.2) is 23.1 Å². The Bertz CT molecular complexity index is 913. The Hall–Kier alpha value is -1.59. The van der Waals surface area contributed by atoms with Crippen LogP contribution in [0.1, 0.15) is 51.5 Å². The highest BCUT2D eigenvalue weighted by molar-refractivity contribution is 7.89. The average molecular weight is 449 g/mol. The highest BCUT2D eigenvalue weighted by Gasteiger charge is 2.37. The fraction of sp³-hybridized carbons (Fsp3) is 0.667. The molecule has 0 bridgehead atoms. The van der Waals surface area contributed by atoms with Gasteiger partial charge in [-0.05, 0) is 52.1 Å². The summed E-state index contributed by atoms with van der Waals surface area (Å²) in [6.07, 6.45) is 5.84.